The van der Waals surface area contributed by atoms with Crippen molar-refractivity contribution in [1.29, 1.82) is 0 Å². The van der Waals surface area contributed by atoms with Gasteiger partial charge >= 0.3 is 16.1 Å². The minimum absolute atomic E-state index is 0.102. The van der Waals surface area contributed by atoms with E-state index in [-0.39, 0.29) is 16.6 Å². The zero-order valence-electron chi connectivity index (χ0n) is 19.8. The third-order valence-electron chi connectivity index (χ3n) is 4.94. The first kappa shape index (κ1) is 26.2. The number of nitrogens with zero attached hydrogens (tertiary/aromatic N) is 1. The zero-order valence-corrected chi connectivity index (χ0v) is 20.6. The Morgan fingerprint density at radius 2 is 1.63 bits per heavy atom. The first-order valence-corrected chi connectivity index (χ1v) is 12.8. The smallest absolute Gasteiger partial charge is 0.339 e. The molecule has 1 heterocycles. The minimum atomic E-state index is -3.87. The van der Waals surface area contributed by atoms with Gasteiger partial charge in [0, 0.05) is 31.7 Å². The molecule has 2 aromatic carbocycles. The number of carbonyl (C=O) groups is 1. The highest BCUT2D eigenvalue weighted by molar-refractivity contribution is 7.87. The van der Waals surface area contributed by atoms with E-state index >= 15 is 0 Å². The molecule has 186 valence electrons. The molecule has 0 saturated carbocycles. The van der Waals surface area contributed by atoms with Crippen molar-refractivity contribution in [3.05, 3.63) is 84.1 Å². The molecule has 35 heavy (non-hydrogen) atoms. The number of aromatic nitrogens is 1. The third-order valence-corrected chi connectivity index (χ3v) is 6.20. The van der Waals surface area contributed by atoms with Crippen molar-refractivity contribution in [2.45, 2.75) is 37.7 Å². The van der Waals surface area contributed by atoms with Gasteiger partial charge in [0.1, 0.15) is 10.6 Å². The van der Waals surface area contributed by atoms with E-state index in [4.69, 9.17) is 18.4 Å². The van der Waals surface area contributed by atoms with E-state index in [1.165, 1.54) is 12.1 Å². The summed E-state index contributed by atoms with van der Waals surface area (Å²) in [6, 6.07) is 18.4. The Labute approximate surface area is 205 Å². The molecule has 0 fully saturated rings. The summed E-state index contributed by atoms with van der Waals surface area (Å²) >= 11 is 0. The van der Waals surface area contributed by atoms with E-state index in [9.17, 15) is 13.2 Å². The number of esters is 1. The van der Waals surface area contributed by atoms with Crippen LogP contribution in [-0.2, 0) is 37.2 Å². The molecule has 3 aromatic rings. The lowest BCUT2D eigenvalue weighted by molar-refractivity contribution is -0.156. The maximum absolute atomic E-state index is 12.3. The lowest BCUT2D eigenvalue weighted by Crippen LogP contribution is -2.29. The van der Waals surface area contributed by atoms with Crippen LogP contribution in [0.5, 0.6) is 11.6 Å². The molecule has 1 aromatic heterocycles. The molecule has 0 aliphatic rings. The van der Waals surface area contributed by atoms with Gasteiger partial charge < -0.3 is 18.4 Å². The fourth-order valence-corrected chi connectivity index (χ4v) is 4.18. The lowest BCUT2D eigenvalue weighted by Gasteiger charge is -2.15. The molecule has 9 heteroatoms. The molecule has 3 rings (SSSR count). The van der Waals surface area contributed by atoms with Crippen LogP contribution in [0.2, 0.25) is 0 Å². The fraction of sp³-hybridized carbons (Fsp3) is 0.308. The molecular formula is C26H29NO7S. The number of rotatable bonds is 13. The highest BCUT2D eigenvalue weighted by atomic mass is 32.2. The average Bonchev–Trinajstić information content (AvgIpc) is 2.86. The van der Waals surface area contributed by atoms with Crippen LogP contribution < -0.4 is 8.92 Å². The van der Waals surface area contributed by atoms with Crippen LogP contribution in [0.3, 0.4) is 0 Å². The van der Waals surface area contributed by atoms with E-state index in [0.29, 0.717) is 38.5 Å². The van der Waals surface area contributed by atoms with Gasteiger partial charge in [-0.05, 0) is 49.2 Å². The molecule has 8 nitrogen and oxygen atoms in total. The van der Waals surface area contributed by atoms with Gasteiger partial charge in [-0.25, -0.2) is 9.78 Å². The van der Waals surface area contributed by atoms with Gasteiger partial charge in [0.15, 0.2) is 6.10 Å². The predicted octanol–water partition coefficient (Wildman–Crippen LogP) is 3.98. The van der Waals surface area contributed by atoms with Crippen molar-refractivity contribution in [2.24, 2.45) is 0 Å². The second-order valence-electron chi connectivity index (χ2n) is 7.50. The summed E-state index contributed by atoms with van der Waals surface area (Å²) in [7, 11) is -3.87. The third kappa shape index (κ3) is 8.08. The van der Waals surface area contributed by atoms with Crippen LogP contribution in [0.4, 0.5) is 0 Å². The van der Waals surface area contributed by atoms with Crippen LogP contribution in [0, 0.1) is 0 Å². The normalized spacial score (nSPS) is 12.1. The first-order valence-electron chi connectivity index (χ1n) is 11.4. The number of hydrogen-bond donors (Lipinski definition) is 0. The van der Waals surface area contributed by atoms with E-state index in [1.54, 1.807) is 61.7 Å². The van der Waals surface area contributed by atoms with Crippen LogP contribution >= 0.6 is 0 Å². The van der Waals surface area contributed by atoms with Crippen LogP contribution in [0.15, 0.2) is 77.8 Å². The maximum Gasteiger partial charge on any atom is 0.339 e. The van der Waals surface area contributed by atoms with E-state index in [1.807, 2.05) is 13.0 Å². The summed E-state index contributed by atoms with van der Waals surface area (Å²) in [6.45, 7) is 4.69. The maximum atomic E-state index is 12.3. The zero-order chi connectivity index (χ0) is 25.1. The van der Waals surface area contributed by atoms with E-state index < -0.39 is 16.2 Å². The topological polar surface area (TPSA) is 101 Å². The van der Waals surface area contributed by atoms with Crippen molar-refractivity contribution in [3.8, 4) is 11.6 Å². The Balaban J connectivity index is 1.48. The van der Waals surface area contributed by atoms with E-state index in [2.05, 4.69) is 4.98 Å². The molecular weight excluding hydrogens is 470 g/mol. The van der Waals surface area contributed by atoms with Crippen molar-refractivity contribution in [1.82, 2.24) is 4.98 Å². The lowest BCUT2D eigenvalue weighted by atomic mass is 10.1. The molecule has 0 aliphatic heterocycles. The molecule has 0 spiro atoms. The SMILES string of the molecule is CCOC(=O)C(Cc1ccc(OCCc2ccc(OS(=O)(=O)c3ccccc3)cc2)nc1)OCC. The Kier molecular flexibility index (Phi) is 9.63. The van der Waals surface area contributed by atoms with Gasteiger partial charge in [-0.3, -0.25) is 0 Å². The minimum Gasteiger partial charge on any atom is -0.477 e. The second-order valence-corrected chi connectivity index (χ2v) is 9.04. The Morgan fingerprint density at radius 3 is 2.26 bits per heavy atom. The summed E-state index contributed by atoms with van der Waals surface area (Å²) < 4.78 is 46.1. The molecule has 0 aliphatic carbocycles. The van der Waals surface area contributed by atoms with Crippen molar-refractivity contribution < 1.29 is 31.6 Å². The highest BCUT2D eigenvalue weighted by Crippen LogP contribution is 2.19. The Hall–Kier alpha value is -3.43. The highest BCUT2D eigenvalue weighted by Gasteiger charge is 2.20. The fourth-order valence-electron chi connectivity index (χ4n) is 3.22. The molecule has 1 atom stereocenters. The van der Waals surface area contributed by atoms with Gasteiger partial charge in [-0.15, -0.1) is 0 Å². The van der Waals surface area contributed by atoms with Crippen LogP contribution in [0.25, 0.3) is 0 Å². The summed E-state index contributed by atoms with van der Waals surface area (Å²) in [6.07, 6.45) is 1.96. The number of benzene rings is 2. The van der Waals surface area contributed by atoms with Gasteiger partial charge in [0.2, 0.25) is 5.88 Å². The van der Waals surface area contributed by atoms with Crippen LogP contribution in [-0.4, -0.2) is 45.3 Å². The second kappa shape index (κ2) is 12.9. The monoisotopic (exact) mass is 499 g/mol. The van der Waals surface area contributed by atoms with Gasteiger partial charge in [0.25, 0.3) is 0 Å². The molecule has 0 radical (unpaired) electrons. The summed E-state index contributed by atoms with van der Waals surface area (Å²) in [5.74, 6) is 0.319. The number of ether oxygens (including phenoxy) is 3. The summed E-state index contributed by atoms with van der Waals surface area (Å²) in [4.78, 5) is 16.4. The molecule has 0 N–H and O–H groups in total. The molecule has 0 amide bonds. The average molecular weight is 500 g/mol. The number of pyridine rings is 1. The van der Waals surface area contributed by atoms with Gasteiger partial charge in [-0.1, -0.05) is 36.4 Å². The molecule has 0 bridgehead atoms. The predicted molar refractivity (Wildman–Crippen MR) is 130 cm³/mol. The number of hydrogen-bond acceptors (Lipinski definition) is 8. The molecule has 0 saturated heterocycles. The van der Waals surface area contributed by atoms with Crippen LogP contribution in [0.1, 0.15) is 25.0 Å². The summed E-state index contributed by atoms with van der Waals surface area (Å²) in [5.41, 5.74) is 1.80. The van der Waals surface area contributed by atoms with Crippen molar-refractivity contribution >= 4 is 16.1 Å². The summed E-state index contributed by atoms with van der Waals surface area (Å²) in [5, 5.41) is 0. The number of carbonyl (C=O) groups excluding carboxylic acids is 1. The van der Waals surface area contributed by atoms with Gasteiger partial charge in [-0.2, -0.15) is 8.42 Å². The van der Waals surface area contributed by atoms with E-state index in [0.717, 1.165) is 11.1 Å². The Bertz CT molecular complexity index is 1160. The van der Waals surface area contributed by atoms with Crippen molar-refractivity contribution in [2.75, 3.05) is 19.8 Å². The standard InChI is InChI=1S/C26H29NO7S/c1-3-31-24(26(28)32-4-2)18-21-12-15-25(27-19-21)33-17-16-20-10-13-22(14-11-20)34-35(29,30)23-8-6-5-7-9-23/h5-15,19,24H,3-4,16-18H2,1-2H3. The van der Waals surface area contributed by atoms with Crippen molar-refractivity contribution in [3.63, 3.8) is 0 Å². The molecule has 1 unspecified atom stereocenters. The quantitative estimate of drug-likeness (QED) is 0.257. The van der Waals surface area contributed by atoms with Gasteiger partial charge in [0.05, 0.1) is 13.2 Å². The Morgan fingerprint density at radius 1 is 0.914 bits per heavy atom. The first-order chi connectivity index (χ1) is 16.9. The largest absolute Gasteiger partial charge is 0.477 e.